The average molecular weight is 285 g/mol. The zero-order valence-corrected chi connectivity index (χ0v) is 13.1. The van der Waals surface area contributed by atoms with E-state index < -0.39 is 0 Å². The Hall–Kier alpha value is -2.59. The predicted molar refractivity (Wildman–Crippen MR) is 92.0 cm³/mol. The highest BCUT2D eigenvalue weighted by Gasteiger charge is 2.03. The van der Waals surface area contributed by atoms with E-state index in [-0.39, 0.29) is 0 Å². The molecule has 0 spiro atoms. The van der Waals surface area contributed by atoms with Gasteiger partial charge in [0.15, 0.2) is 0 Å². The van der Waals surface area contributed by atoms with Gasteiger partial charge in [0.25, 0.3) is 0 Å². The molecule has 0 aliphatic carbocycles. The van der Waals surface area contributed by atoms with Crippen molar-refractivity contribution in [3.05, 3.63) is 82.4 Å². The summed E-state index contributed by atoms with van der Waals surface area (Å²) < 4.78 is 0. The molecule has 0 unspecified atom stereocenters. The van der Waals surface area contributed by atoms with Crippen LogP contribution < -0.4 is 0 Å². The fourth-order valence-electron chi connectivity index (χ4n) is 3.16. The molecule has 3 aromatic carbocycles. The van der Waals surface area contributed by atoms with Crippen LogP contribution in [-0.2, 0) is 12.8 Å². The van der Waals surface area contributed by atoms with Crippen LogP contribution >= 0.6 is 0 Å². The number of aryl methyl sites for hydroxylation is 2. The van der Waals surface area contributed by atoms with E-state index >= 15 is 0 Å². The quantitative estimate of drug-likeness (QED) is 0.655. The van der Waals surface area contributed by atoms with Crippen LogP contribution in [0.25, 0.3) is 10.8 Å². The molecule has 22 heavy (non-hydrogen) atoms. The Bertz CT molecular complexity index is 848. The molecule has 0 amide bonds. The first-order valence-corrected chi connectivity index (χ1v) is 7.60. The lowest BCUT2D eigenvalue weighted by Crippen LogP contribution is -1.92. The largest absolute Gasteiger partial charge is 0.198 e. The summed E-state index contributed by atoms with van der Waals surface area (Å²) in [6.07, 6.45) is 1.41. The highest BCUT2D eigenvalue weighted by atomic mass is 14.2. The van der Waals surface area contributed by atoms with Gasteiger partial charge in [-0.05, 0) is 47.7 Å². The third-order valence-electron chi connectivity index (χ3n) is 3.99. The van der Waals surface area contributed by atoms with Gasteiger partial charge in [-0.25, -0.2) is 0 Å². The SMILES string of the molecule is Cc1cc(C)cc(Cc2ccc3c(CC#N)cccc3c2)c1. The van der Waals surface area contributed by atoms with Crippen molar-refractivity contribution in [2.45, 2.75) is 26.7 Å². The smallest absolute Gasteiger partial charge is 0.0669 e. The van der Waals surface area contributed by atoms with Gasteiger partial charge in [0.2, 0.25) is 0 Å². The second-order valence-electron chi connectivity index (χ2n) is 5.98. The van der Waals surface area contributed by atoms with Crippen molar-refractivity contribution in [2.24, 2.45) is 0 Å². The van der Waals surface area contributed by atoms with E-state index in [0.717, 1.165) is 12.0 Å². The van der Waals surface area contributed by atoms with Gasteiger partial charge in [0.05, 0.1) is 12.5 Å². The first kappa shape index (κ1) is 14.4. The minimum absolute atomic E-state index is 0.466. The molecule has 108 valence electrons. The van der Waals surface area contributed by atoms with Crippen LogP contribution in [0.15, 0.2) is 54.6 Å². The summed E-state index contributed by atoms with van der Waals surface area (Å²) in [5, 5.41) is 11.3. The summed E-state index contributed by atoms with van der Waals surface area (Å²) in [5.41, 5.74) is 6.40. The standard InChI is InChI=1S/C21H19N/c1-15-10-16(2)12-18(11-15)13-17-6-7-21-19(8-9-22)4-3-5-20(21)14-17/h3-7,10-12,14H,8,13H2,1-2H3. The summed E-state index contributed by atoms with van der Waals surface area (Å²) in [7, 11) is 0. The molecule has 0 N–H and O–H groups in total. The second kappa shape index (κ2) is 6.03. The van der Waals surface area contributed by atoms with Crippen molar-refractivity contribution >= 4 is 10.8 Å². The molecule has 0 aromatic heterocycles. The maximum absolute atomic E-state index is 8.93. The fraction of sp³-hybridized carbons (Fsp3) is 0.190. The number of nitriles is 1. The average Bonchev–Trinajstić information content (AvgIpc) is 2.46. The Labute approximate surface area is 131 Å². The van der Waals surface area contributed by atoms with Gasteiger partial charge in [-0.1, -0.05) is 65.7 Å². The monoisotopic (exact) mass is 285 g/mol. The zero-order chi connectivity index (χ0) is 15.5. The summed E-state index contributed by atoms with van der Waals surface area (Å²) in [6.45, 7) is 4.29. The molecule has 0 saturated carbocycles. The first-order valence-electron chi connectivity index (χ1n) is 7.60. The lowest BCUT2D eigenvalue weighted by molar-refractivity contribution is 1.17. The number of hydrogen-bond acceptors (Lipinski definition) is 1. The van der Waals surface area contributed by atoms with Crippen LogP contribution in [0.2, 0.25) is 0 Å². The van der Waals surface area contributed by atoms with Gasteiger partial charge in [-0.3, -0.25) is 0 Å². The molecule has 0 saturated heterocycles. The zero-order valence-electron chi connectivity index (χ0n) is 13.1. The summed E-state index contributed by atoms with van der Waals surface area (Å²) in [5.74, 6) is 0. The van der Waals surface area contributed by atoms with E-state index in [9.17, 15) is 0 Å². The van der Waals surface area contributed by atoms with E-state index in [0.29, 0.717) is 6.42 Å². The summed E-state index contributed by atoms with van der Waals surface area (Å²) in [6, 6.07) is 21.7. The van der Waals surface area contributed by atoms with E-state index in [1.165, 1.54) is 33.0 Å². The van der Waals surface area contributed by atoms with E-state index in [4.69, 9.17) is 5.26 Å². The molecule has 0 aliphatic heterocycles. The molecule has 0 fully saturated rings. The summed E-state index contributed by atoms with van der Waals surface area (Å²) in [4.78, 5) is 0. The van der Waals surface area contributed by atoms with Crippen LogP contribution in [0, 0.1) is 25.2 Å². The highest BCUT2D eigenvalue weighted by molar-refractivity contribution is 5.86. The molecular weight excluding hydrogens is 266 g/mol. The Morgan fingerprint density at radius 2 is 1.64 bits per heavy atom. The third kappa shape index (κ3) is 3.02. The van der Waals surface area contributed by atoms with Gasteiger partial charge < -0.3 is 0 Å². The van der Waals surface area contributed by atoms with Gasteiger partial charge in [0.1, 0.15) is 0 Å². The van der Waals surface area contributed by atoms with E-state index in [1.54, 1.807) is 0 Å². The topological polar surface area (TPSA) is 23.8 Å². The number of rotatable bonds is 3. The van der Waals surface area contributed by atoms with Crippen molar-refractivity contribution in [2.75, 3.05) is 0 Å². The number of benzene rings is 3. The molecule has 3 rings (SSSR count). The van der Waals surface area contributed by atoms with E-state index in [1.807, 2.05) is 12.1 Å². The van der Waals surface area contributed by atoms with Crippen LogP contribution in [0.3, 0.4) is 0 Å². The van der Waals surface area contributed by atoms with Gasteiger partial charge in [0, 0.05) is 0 Å². The normalized spacial score (nSPS) is 10.6. The van der Waals surface area contributed by atoms with Crippen molar-refractivity contribution in [1.29, 1.82) is 5.26 Å². The molecule has 1 nitrogen and oxygen atoms in total. The molecule has 0 heterocycles. The molecule has 0 bridgehead atoms. The molecule has 1 heteroatoms. The molecule has 0 radical (unpaired) electrons. The highest BCUT2D eigenvalue weighted by Crippen LogP contribution is 2.22. The van der Waals surface area contributed by atoms with Crippen LogP contribution in [-0.4, -0.2) is 0 Å². The first-order chi connectivity index (χ1) is 10.7. The maximum Gasteiger partial charge on any atom is 0.0669 e. The summed E-state index contributed by atoms with van der Waals surface area (Å²) >= 11 is 0. The number of hydrogen-bond donors (Lipinski definition) is 0. The van der Waals surface area contributed by atoms with Crippen LogP contribution in [0.5, 0.6) is 0 Å². The van der Waals surface area contributed by atoms with Crippen molar-refractivity contribution in [3.63, 3.8) is 0 Å². The van der Waals surface area contributed by atoms with Crippen molar-refractivity contribution < 1.29 is 0 Å². The van der Waals surface area contributed by atoms with Crippen LogP contribution in [0.1, 0.15) is 27.8 Å². The Balaban J connectivity index is 1.97. The Morgan fingerprint density at radius 1 is 0.864 bits per heavy atom. The van der Waals surface area contributed by atoms with Crippen molar-refractivity contribution in [3.8, 4) is 6.07 Å². The minimum atomic E-state index is 0.466. The predicted octanol–water partition coefficient (Wildman–Crippen LogP) is 5.11. The molecular formula is C21H19N. The lowest BCUT2D eigenvalue weighted by Gasteiger charge is -2.08. The van der Waals surface area contributed by atoms with Gasteiger partial charge in [-0.15, -0.1) is 0 Å². The molecule has 3 aromatic rings. The molecule has 0 atom stereocenters. The van der Waals surface area contributed by atoms with E-state index in [2.05, 4.69) is 62.4 Å². The number of nitrogens with zero attached hydrogens (tertiary/aromatic N) is 1. The van der Waals surface area contributed by atoms with Gasteiger partial charge >= 0.3 is 0 Å². The Kier molecular flexibility index (Phi) is 3.94. The number of fused-ring (bicyclic) bond motifs is 1. The maximum atomic E-state index is 8.93. The van der Waals surface area contributed by atoms with Crippen LogP contribution in [0.4, 0.5) is 0 Å². The fourth-order valence-corrected chi connectivity index (χ4v) is 3.16. The third-order valence-corrected chi connectivity index (χ3v) is 3.99. The molecule has 0 aliphatic rings. The second-order valence-corrected chi connectivity index (χ2v) is 5.98. The van der Waals surface area contributed by atoms with Gasteiger partial charge in [-0.2, -0.15) is 5.26 Å². The van der Waals surface area contributed by atoms with Crippen molar-refractivity contribution in [1.82, 2.24) is 0 Å². The minimum Gasteiger partial charge on any atom is -0.198 e. The lowest BCUT2D eigenvalue weighted by atomic mass is 9.96. The Morgan fingerprint density at radius 3 is 2.36 bits per heavy atom.